The van der Waals surface area contributed by atoms with Gasteiger partial charge in [0.05, 0.1) is 24.1 Å². The Kier molecular flexibility index (Phi) is 5.93. The van der Waals surface area contributed by atoms with Gasteiger partial charge in [-0.1, -0.05) is 6.07 Å². The van der Waals surface area contributed by atoms with Gasteiger partial charge in [0.2, 0.25) is 15.9 Å². The van der Waals surface area contributed by atoms with Gasteiger partial charge in [-0.15, -0.1) is 10.2 Å². The number of rotatable bonds is 5. The van der Waals surface area contributed by atoms with Crippen LogP contribution in [0.4, 0.5) is 36.4 Å². The quantitative estimate of drug-likeness (QED) is 0.484. The Hall–Kier alpha value is -3.16. The lowest BCUT2D eigenvalue weighted by Gasteiger charge is -2.23. The first-order valence-electron chi connectivity index (χ1n) is 8.51. The fraction of sp³-hybridized carbons (Fsp3) is 0.222. The Bertz CT molecular complexity index is 1220. The maximum Gasteiger partial charge on any atom is 0.470 e. The van der Waals surface area contributed by atoms with Crippen LogP contribution in [0.3, 0.4) is 0 Å². The Balaban J connectivity index is 1.90. The molecule has 0 aliphatic rings. The average Bonchev–Trinajstić information content (AvgIpc) is 3.16. The molecule has 0 aliphatic heterocycles. The summed E-state index contributed by atoms with van der Waals surface area (Å²) in [6, 6.07) is 6.21. The molecule has 0 spiro atoms. The van der Waals surface area contributed by atoms with Crippen LogP contribution < -0.4 is 4.31 Å². The van der Waals surface area contributed by atoms with Gasteiger partial charge in [0.15, 0.2) is 0 Å². The van der Waals surface area contributed by atoms with Gasteiger partial charge in [-0.25, -0.2) is 12.8 Å². The molecule has 3 rings (SSSR count). The van der Waals surface area contributed by atoms with E-state index in [2.05, 4.69) is 14.6 Å². The number of sulfonamides is 1. The van der Waals surface area contributed by atoms with E-state index in [-0.39, 0.29) is 16.8 Å². The second-order valence-electron chi connectivity index (χ2n) is 6.53. The highest BCUT2D eigenvalue weighted by molar-refractivity contribution is 7.92. The molecule has 14 heteroatoms. The van der Waals surface area contributed by atoms with Gasteiger partial charge in [0.1, 0.15) is 5.82 Å². The minimum Gasteiger partial charge on any atom is -0.413 e. The predicted octanol–water partition coefficient (Wildman–Crippen LogP) is 4.88. The van der Waals surface area contributed by atoms with Gasteiger partial charge in [-0.05, 0) is 36.4 Å². The van der Waals surface area contributed by atoms with E-state index in [4.69, 9.17) is 0 Å². The fourth-order valence-electron chi connectivity index (χ4n) is 2.63. The topological polar surface area (TPSA) is 76.3 Å². The van der Waals surface area contributed by atoms with Crippen molar-refractivity contribution in [2.45, 2.75) is 18.9 Å². The van der Waals surface area contributed by atoms with Crippen LogP contribution in [0, 0.1) is 5.82 Å². The molecule has 1 heterocycles. The monoisotopic (exact) mass is 483 g/mol. The molecule has 0 N–H and O–H groups in total. The lowest BCUT2D eigenvalue weighted by molar-refractivity contribution is -0.157. The van der Waals surface area contributed by atoms with Crippen LogP contribution in [0.15, 0.2) is 46.9 Å². The zero-order valence-corrected chi connectivity index (χ0v) is 16.7. The van der Waals surface area contributed by atoms with Crippen molar-refractivity contribution < 1.29 is 43.6 Å². The summed E-state index contributed by atoms with van der Waals surface area (Å²) in [7, 11) is -4.04. The first-order valence-corrected chi connectivity index (χ1v) is 10.4. The third-order valence-electron chi connectivity index (χ3n) is 4.16. The van der Waals surface area contributed by atoms with Crippen LogP contribution in [-0.2, 0) is 28.9 Å². The summed E-state index contributed by atoms with van der Waals surface area (Å²) in [5, 5.41) is 6.03. The predicted molar refractivity (Wildman–Crippen MR) is 97.2 cm³/mol. The van der Waals surface area contributed by atoms with Gasteiger partial charge in [0.25, 0.3) is 0 Å². The smallest absolute Gasteiger partial charge is 0.413 e. The largest absolute Gasteiger partial charge is 0.470 e. The molecule has 0 unspecified atom stereocenters. The van der Waals surface area contributed by atoms with E-state index >= 15 is 0 Å². The summed E-state index contributed by atoms with van der Waals surface area (Å²) in [4.78, 5) is 0. The van der Waals surface area contributed by atoms with Crippen LogP contribution in [0.25, 0.3) is 11.5 Å². The molecule has 0 fully saturated rings. The maximum atomic E-state index is 14.6. The highest BCUT2D eigenvalue weighted by Gasteiger charge is 2.38. The first kappa shape index (κ1) is 23.5. The van der Waals surface area contributed by atoms with E-state index in [9.17, 15) is 39.2 Å². The molecule has 0 amide bonds. The molecule has 32 heavy (non-hydrogen) atoms. The summed E-state index contributed by atoms with van der Waals surface area (Å²) in [5.41, 5.74) is -1.52. The number of hydrogen-bond acceptors (Lipinski definition) is 5. The summed E-state index contributed by atoms with van der Waals surface area (Å²) < 4.78 is 120. The van der Waals surface area contributed by atoms with E-state index in [0.717, 1.165) is 36.6 Å². The van der Waals surface area contributed by atoms with Crippen molar-refractivity contribution >= 4 is 15.7 Å². The zero-order valence-electron chi connectivity index (χ0n) is 15.9. The van der Waals surface area contributed by atoms with E-state index in [1.54, 1.807) is 0 Å². The normalized spacial score (nSPS) is 12.8. The standard InChI is InChI=1S/C18H12F7N3O3S/c1-32(29,30)28(13-6-4-12(5-7-13)17(20,21)22)9-11-3-2-10(8-14(11)19)15-26-27-16(31-15)18(23,24)25/h2-8H,9H2,1H3. The van der Waals surface area contributed by atoms with Crippen molar-refractivity contribution in [1.29, 1.82) is 0 Å². The molecule has 0 saturated carbocycles. The molecule has 0 radical (unpaired) electrons. The average molecular weight is 483 g/mol. The van der Waals surface area contributed by atoms with Crippen LogP contribution in [0.1, 0.15) is 17.0 Å². The number of nitrogens with zero attached hydrogens (tertiary/aromatic N) is 3. The second-order valence-corrected chi connectivity index (χ2v) is 8.44. The van der Waals surface area contributed by atoms with Crippen molar-refractivity contribution in [2.24, 2.45) is 0 Å². The highest BCUT2D eigenvalue weighted by atomic mass is 32.2. The number of halogens is 7. The van der Waals surface area contributed by atoms with Crippen molar-refractivity contribution in [1.82, 2.24) is 10.2 Å². The van der Waals surface area contributed by atoms with Gasteiger partial charge in [-0.2, -0.15) is 26.3 Å². The molecule has 2 aromatic carbocycles. The number of alkyl halides is 6. The highest BCUT2D eigenvalue weighted by Crippen LogP contribution is 2.33. The molecule has 0 saturated heterocycles. The van der Waals surface area contributed by atoms with Gasteiger partial charge in [-0.3, -0.25) is 4.31 Å². The minimum atomic E-state index is -4.89. The van der Waals surface area contributed by atoms with E-state index in [1.165, 1.54) is 0 Å². The van der Waals surface area contributed by atoms with Crippen molar-refractivity contribution in [3.05, 3.63) is 65.3 Å². The molecule has 0 aliphatic carbocycles. The Morgan fingerprint density at radius 1 is 0.938 bits per heavy atom. The van der Waals surface area contributed by atoms with Gasteiger partial charge in [0, 0.05) is 11.1 Å². The van der Waals surface area contributed by atoms with Crippen LogP contribution in [0.2, 0.25) is 0 Å². The van der Waals surface area contributed by atoms with Crippen LogP contribution in [-0.4, -0.2) is 24.9 Å². The Labute approximate surface area is 176 Å². The zero-order chi connectivity index (χ0) is 23.9. The van der Waals surface area contributed by atoms with E-state index in [1.807, 2.05) is 0 Å². The van der Waals surface area contributed by atoms with Crippen molar-refractivity contribution in [2.75, 3.05) is 10.6 Å². The third kappa shape index (κ3) is 5.18. The number of aromatic nitrogens is 2. The molecule has 6 nitrogen and oxygen atoms in total. The molecule has 3 aromatic rings. The lowest BCUT2D eigenvalue weighted by Crippen LogP contribution is -2.29. The van der Waals surface area contributed by atoms with Gasteiger partial charge < -0.3 is 4.42 Å². The second kappa shape index (κ2) is 8.07. The van der Waals surface area contributed by atoms with Crippen molar-refractivity contribution in [3.8, 4) is 11.5 Å². The van der Waals surface area contributed by atoms with E-state index in [0.29, 0.717) is 16.4 Å². The van der Waals surface area contributed by atoms with Crippen molar-refractivity contribution in [3.63, 3.8) is 0 Å². The first-order chi connectivity index (χ1) is 14.7. The lowest BCUT2D eigenvalue weighted by atomic mass is 10.1. The number of benzene rings is 2. The molecular weight excluding hydrogens is 471 g/mol. The van der Waals surface area contributed by atoms with E-state index < -0.39 is 52.1 Å². The fourth-order valence-corrected chi connectivity index (χ4v) is 3.51. The molecule has 0 atom stereocenters. The summed E-state index contributed by atoms with van der Waals surface area (Å²) in [5.74, 6) is -3.23. The molecular formula is C18H12F7N3O3S. The summed E-state index contributed by atoms with van der Waals surface area (Å²) in [6.07, 6.45) is -8.73. The molecule has 0 bridgehead atoms. The van der Waals surface area contributed by atoms with Crippen LogP contribution >= 0.6 is 0 Å². The number of hydrogen-bond donors (Lipinski definition) is 0. The maximum absolute atomic E-state index is 14.6. The summed E-state index contributed by atoms with van der Waals surface area (Å²) in [6.45, 7) is -0.589. The summed E-state index contributed by atoms with van der Waals surface area (Å²) >= 11 is 0. The van der Waals surface area contributed by atoms with Gasteiger partial charge >= 0.3 is 18.2 Å². The Morgan fingerprint density at radius 2 is 1.56 bits per heavy atom. The number of anilines is 1. The third-order valence-corrected chi connectivity index (χ3v) is 5.30. The van der Waals surface area contributed by atoms with Crippen LogP contribution in [0.5, 0.6) is 0 Å². The molecule has 172 valence electrons. The SMILES string of the molecule is CS(=O)(=O)N(Cc1ccc(-c2nnc(C(F)(F)F)o2)cc1F)c1ccc(C(F)(F)F)cc1. The Morgan fingerprint density at radius 3 is 2.03 bits per heavy atom. The molecule has 1 aromatic heterocycles. The minimum absolute atomic E-state index is 0.143.